The molecule has 10 nitrogen and oxygen atoms in total. The highest BCUT2D eigenvalue weighted by atomic mass is 19.1. The van der Waals surface area contributed by atoms with Crippen LogP contribution in [0.4, 0.5) is 10.1 Å². The lowest BCUT2D eigenvalue weighted by molar-refractivity contribution is -0.127. The van der Waals surface area contributed by atoms with E-state index >= 15 is 0 Å². The Hall–Kier alpha value is -5.45. The number of aromatic nitrogens is 5. The Kier molecular flexibility index (Phi) is 8.80. The maximum atomic E-state index is 14.2. The van der Waals surface area contributed by atoms with Crippen molar-refractivity contribution < 1.29 is 18.7 Å². The van der Waals surface area contributed by atoms with Crippen molar-refractivity contribution in [3.63, 3.8) is 0 Å². The molecule has 1 N–H and O–H groups in total. The van der Waals surface area contributed by atoms with Gasteiger partial charge in [0.25, 0.3) is 5.91 Å². The van der Waals surface area contributed by atoms with Gasteiger partial charge in [0.05, 0.1) is 7.11 Å². The molecule has 0 aliphatic rings. The third-order valence-corrected chi connectivity index (χ3v) is 7.09. The van der Waals surface area contributed by atoms with Crippen LogP contribution >= 0.6 is 0 Å². The Morgan fingerprint density at radius 2 is 1.70 bits per heavy atom. The topological polar surface area (TPSA) is 115 Å². The molecule has 3 aromatic carbocycles. The molecule has 11 heteroatoms. The Morgan fingerprint density at radius 3 is 2.40 bits per heavy atom. The first-order valence-corrected chi connectivity index (χ1v) is 13.6. The molecule has 43 heavy (non-hydrogen) atoms. The monoisotopic (exact) mass is 579 g/mol. The van der Waals surface area contributed by atoms with Crippen LogP contribution in [0.25, 0.3) is 11.4 Å². The number of anilines is 1. The third kappa shape index (κ3) is 6.72. The van der Waals surface area contributed by atoms with Crippen molar-refractivity contribution in [3.05, 3.63) is 119 Å². The van der Waals surface area contributed by atoms with E-state index in [1.54, 1.807) is 31.6 Å². The fraction of sp³-hybridized carbons (Fsp3) is 0.188. The van der Waals surface area contributed by atoms with Gasteiger partial charge in [0, 0.05) is 30.2 Å². The molecular weight excluding hydrogens is 549 g/mol. The van der Waals surface area contributed by atoms with Crippen molar-refractivity contribution >= 4 is 17.5 Å². The van der Waals surface area contributed by atoms with Crippen molar-refractivity contribution in [2.45, 2.75) is 33.0 Å². The molecule has 2 amide bonds. The number of ether oxygens (including phenoxy) is 1. The zero-order valence-electron chi connectivity index (χ0n) is 23.9. The maximum Gasteiger partial charge on any atom is 0.251 e. The number of rotatable bonds is 10. The number of hydrogen-bond acceptors (Lipinski definition) is 7. The van der Waals surface area contributed by atoms with E-state index in [-0.39, 0.29) is 30.6 Å². The molecule has 0 unspecified atom stereocenters. The fourth-order valence-corrected chi connectivity index (χ4v) is 4.63. The number of nitrogens with zero attached hydrogens (tertiary/aromatic N) is 6. The van der Waals surface area contributed by atoms with Crippen LogP contribution in [0.5, 0.6) is 5.75 Å². The predicted octanol–water partition coefficient (Wildman–Crippen LogP) is 4.59. The molecule has 5 aromatic rings. The Bertz CT molecular complexity index is 1710. The van der Waals surface area contributed by atoms with Crippen LogP contribution < -0.4 is 15.0 Å². The van der Waals surface area contributed by atoms with E-state index in [2.05, 4.69) is 25.7 Å². The zero-order valence-corrected chi connectivity index (χ0v) is 23.9. The van der Waals surface area contributed by atoms with Gasteiger partial charge in [-0.25, -0.2) is 4.39 Å². The second-order valence-electron chi connectivity index (χ2n) is 9.88. The first-order chi connectivity index (χ1) is 20.8. The van der Waals surface area contributed by atoms with E-state index in [1.807, 2.05) is 56.3 Å². The van der Waals surface area contributed by atoms with Gasteiger partial charge < -0.3 is 10.1 Å². The van der Waals surface area contributed by atoms with Gasteiger partial charge in [-0.15, -0.1) is 10.2 Å². The van der Waals surface area contributed by atoms with E-state index in [1.165, 1.54) is 29.2 Å². The maximum absolute atomic E-state index is 14.2. The molecule has 0 saturated heterocycles. The van der Waals surface area contributed by atoms with E-state index < -0.39 is 11.9 Å². The number of hydrogen-bond donors (Lipinski definition) is 1. The van der Waals surface area contributed by atoms with Gasteiger partial charge in [-0.1, -0.05) is 24.3 Å². The van der Waals surface area contributed by atoms with Crippen LogP contribution in [0.15, 0.2) is 91.3 Å². The van der Waals surface area contributed by atoms with E-state index in [4.69, 9.17) is 4.74 Å². The average molecular weight is 580 g/mol. The summed E-state index contributed by atoms with van der Waals surface area (Å²) in [5, 5.41) is 15.4. The molecule has 218 valence electrons. The Balaban J connectivity index is 1.49. The summed E-state index contributed by atoms with van der Waals surface area (Å²) in [6, 6.07) is 21.0. The van der Waals surface area contributed by atoms with Crippen LogP contribution in [0, 0.1) is 19.7 Å². The lowest BCUT2D eigenvalue weighted by Gasteiger charge is -2.32. The molecule has 2 aromatic heterocycles. The SMILES string of the molecule is COc1ccc(CNC(=O)[C@@H](c2ccncc2)N(C(=O)Cn2nnc(-c3ccc(F)cc3)n2)c2cccc(C)c2C)cc1. The molecule has 0 bridgehead atoms. The smallest absolute Gasteiger partial charge is 0.251 e. The lowest BCUT2D eigenvalue weighted by Crippen LogP contribution is -2.45. The summed E-state index contributed by atoms with van der Waals surface area (Å²) in [6.45, 7) is 3.80. The second-order valence-corrected chi connectivity index (χ2v) is 9.88. The lowest BCUT2D eigenvalue weighted by atomic mass is 10.0. The van der Waals surface area contributed by atoms with Crippen LogP contribution in [-0.2, 0) is 22.7 Å². The molecule has 5 rings (SSSR count). The van der Waals surface area contributed by atoms with Crippen LogP contribution in [0.1, 0.15) is 28.3 Å². The van der Waals surface area contributed by atoms with Gasteiger partial charge in [0.2, 0.25) is 11.7 Å². The summed E-state index contributed by atoms with van der Waals surface area (Å²) < 4.78 is 18.6. The quantitative estimate of drug-likeness (QED) is 0.257. The predicted molar refractivity (Wildman–Crippen MR) is 158 cm³/mol. The van der Waals surface area contributed by atoms with Crippen molar-refractivity contribution in [1.29, 1.82) is 0 Å². The first-order valence-electron chi connectivity index (χ1n) is 13.6. The van der Waals surface area contributed by atoms with Crippen LogP contribution in [-0.4, -0.2) is 44.1 Å². The number of halogens is 1. The third-order valence-electron chi connectivity index (χ3n) is 7.09. The molecule has 0 spiro atoms. The molecule has 2 heterocycles. The average Bonchev–Trinajstić information content (AvgIpc) is 3.49. The molecule has 0 saturated carbocycles. The van der Waals surface area contributed by atoms with E-state index in [9.17, 15) is 14.0 Å². The van der Waals surface area contributed by atoms with E-state index in [0.29, 0.717) is 22.6 Å². The van der Waals surface area contributed by atoms with E-state index in [0.717, 1.165) is 21.5 Å². The van der Waals surface area contributed by atoms with Gasteiger partial charge in [-0.2, -0.15) is 4.80 Å². The summed E-state index contributed by atoms with van der Waals surface area (Å²) >= 11 is 0. The number of aryl methyl sites for hydroxylation is 1. The van der Waals surface area contributed by atoms with Crippen molar-refractivity contribution in [3.8, 4) is 17.1 Å². The number of tetrazole rings is 1. The summed E-state index contributed by atoms with van der Waals surface area (Å²) in [4.78, 5) is 34.9. The van der Waals surface area contributed by atoms with Gasteiger partial charge in [-0.3, -0.25) is 19.5 Å². The highest BCUT2D eigenvalue weighted by Crippen LogP contribution is 2.32. The summed E-state index contributed by atoms with van der Waals surface area (Å²) in [6.07, 6.45) is 3.16. The largest absolute Gasteiger partial charge is 0.497 e. The van der Waals surface area contributed by atoms with Gasteiger partial charge in [0.15, 0.2) is 0 Å². The van der Waals surface area contributed by atoms with Crippen molar-refractivity contribution in [2.24, 2.45) is 0 Å². The summed E-state index contributed by atoms with van der Waals surface area (Å²) in [5.41, 5.74) is 4.38. The summed E-state index contributed by atoms with van der Waals surface area (Å²) in [7, 11) is 1.59. The molecule has 0 fully saturated rings. The molecule has 1 atom stereocenters. The van der Waals surface area contributed by atoms with Crippen molar-refractivity contribution in [1.82, 2.24) is 30.5 Å². The number of benzene rings is 3. The second kappa shape index (κ2) is 13.0. The molecule has 0 aliphatic carbocycles. The highest BCUT2D eigenvalue weighted by molar-refractivity contribution is 6.01. The number of nitrogens with one attached hydrogen (secondary N) is 1. The molecule has 0 aliphatic heterocycles. The van der Waals surface area contributed by atoms with Gasteiger partial charge in [0.1, 0.15) is 24.2 Å². The van der Waals surface area contributed by atoms with Gasteiger partial charge >= 0.3 is 0 Å². The fourth-order valence-electron chi connectivity index (χ4n) is 4.63. The highest BCUT2D eigenvalue weighted by Gasteiger charge is 2.34. The minimum atomic E-state index is -1.03. The van der Waals surface area contributed by atoms with Crippen LogP contribution in [0.3, 0.4) is 0 Å². The summed E-state index contributed by atoms with van der Waals surface area (Å²) in [5.74, 6) is -0.245. The molecule has 0 radical (unpaired) electrons. The number of carbonyl (C=O) groups excluding carboxylic acids is 2. The number of methoxy groups -OCH3 is 1. The number of amides is 2. The Morgan fingerprint density at radius 1 is 0.977 bits per heavy atom. The molecular formula is C32H30FN7O3. The standard InChI is InChI=1S/C32H30FN7O3/c1-21-5-4-6-28(22(21)2)40(29(41)20-39-37-31(36-38-39)25-9-11-26(33)12-10-25)30(24-15-17-34-18-16-24)32(42)35-19-23-7-13-27(43-3)14-8-23/h4-18,30H,19-20H2,1-3H3,(H,35,42)/t30-/m1/s1. The number of carbonyl (C=O) groups is 2. The van der Waals surface area contributed by atoms with Gasteiger partial charge in [-0.05, 0) is 95.9 Å². The minimum absolute atomic E-state index is 0.241. The van der Waals surface area contributed by atoms with Crippen molar-refractivity contribution in [2.75, 3.05) is 12.0 Å². The Labute approximate surface area is 248 Å². The van der Waals surface area contributed by atoms with Crippen LogP contribution in [0.2, 0.25) is 0 Å². The minimum Gasteiger partial charge on any atom is -0.497 e. The zero-order chi connectivity index (χ0) is 30.3. The number of pyridine rings is 1. The first kappa shape index (κ1) is 29.1. The normalized spacial score (nSPS) is 11.5.